The molecule has 0 spiro atoms. The van der Waals surface area contributed by atoms with E-state index in [0.29, 0.717) is 5.39 Å². The second kappa shape index (κ2) is 4.95. The Morgan fingerprint density at radius 1 is 1.25 bits per heavy atom. The number of carbonyl (C=O) groups is 1. The standard InChI is InChI=1S/C12H11F3N4O/c1-6-3-4-9-8(5-6)10(19-18-7(2)20)17-11(16-9)12(13,14)15/h3-5H,1-2H3,(H,18,20)(H,16,17,19). The minimum absolute atomic E-state index is 0.0961. The lowest BCUT2D eigenvalue weighted by Gasteiger charge is -2.12. The zero-order valence-electron chi connectivity index (χ0n) is 10.7. The molecule has 1 aromatic carbocycles. The van der Waals surface area contributed by atoms with Gasteiger partial charge < -0.3 is 0 Å². The molecule has 0 aliphatic carbocycles. The zero-order chi connectivity index (χ0) is 14.9. The van der Waals surface area contributed by atoms with Crippen LogP contribution in [0.15, 0.2) is 18.2 Å². The van der Waals surface area contributed by atoms with Crippen molar-refractivity contribution in [1.29, 1.82) is 0 Å². The lowest BCUT2D eigenvalue weighted by atomic mass is 10.1. The Labute approximate surface area is 112 Å². The number of rotatable bonds is 2. The highest BCUT2D eigenvalue weighted by Crippen LogP contribution is 2.30. The van der Waals surface area contributed by atoms with Gasteiger partial charge in [-0.15, -0.1) is 0 Å². The van der Waals surface area contributed by atoms with Crippen LogP contribution >= 0.6 is 0 Å². The molecule has 0 unspecified atom stereocenters. The average Bonchev–Trinajstić information content (AvgIpc) is 2.34. The number of halogens is 3. The number of nitrogens with one attached hydrogen (secondary N) is 2. The molecule has 0 saturated heterocycles. The molecule has 0 atom stereocenters. The van der Waals surface area contributed by atoms with Gasteiger partial charge in [0.1, 0.15) is 0 Å². The molecule has 0 fully saturated rings. The Hall–Kier alpha value is -2.38. The van der Waals surface area contributed by atoms with Crippen LogP contribution in [0.25, 0.3) is 10.9 Å². The van der Waals surface area contributed by atoms with Crippen molar-refractivity contribution in [3.8, 4) is 0 Å². The van der Waals surface area contributed by atoms with Gasteiger partial charge in [0.2, 0.25) is 11.7 Å². The van der Waals surface area contributed by atoms with Crippen molar-refractivity contribution in [2.24, 2.45) is 0 Å². The number of aryl methyl sites for hydroxylation is 1. The third-order valence-corrected chi connectivity index (χ3v) is 2.46. The molecule has 0 bridgehead atoms. The van der Waals surface area contributed by atoms with E-state index in [1.54, 1.807) is 19.1 Å². The van der Waals surface area contributed by atoms with Crippen molar-refractivity contribution >= 4 is 22.6 Å². The quantitative estimate of drug-likeness (QED) is 0.831. The summed E-state index contributed by atoms with van der Waals surface area (Å²) >= 11 is 0. The van der Waals surface area contributed by atoms with Crippen LogP contribution in [-0.4, -0.2) is 15.9 Å². The second-order valence-electron chi connectivity index (χ2n) is 4.22. The summed E-state index contributed by atoms with van der Waals surface area (Å²) in [6.07, 6.45) is -4.66. The van der Waals surface area contributed by atoms with E-state index in [9.17, 15) is 18.0 Å². The van der Waals surface area contributed by atoms with Crippen LogP contribution in [0.2, 0.25) is 0 Å². The number of carbonyl (C=O) groups excluding carboxylic acids is 1. The van der Waals surface area contributed by atoms with Crippen LogP contribution in [0.4, 0.5) is 19.0 Å². The minimum Gasteiger partial charge on any atom is -0.281 e. The number of hydrogen-bond acceptors (Lipinski definition) is 4. The minimum atomic E-state index is -4.66. The van der Waals surface area contributed by atoms with Crippen molar-refractivity contribution in [2.75, 3.05) is 5.43 Å². The molecule has 1 heterocycles. The molecule has 2 aromatic rings. The fraction of sp³-hybridized carbons (Fsp3) is 0.250. The Morgan fingerprint density at radius 3 is 2.55 bits per heavy atom. The molecule has 8 heteroatoms. The molecule has 20 heavy (non-hydrogen) atoms. The number of fused-ring (bicyclic) bond motifs is 1. The van der Waals surface area contributed by atoms with Crippen LogP contribution in [0.3, 0.4) is 0 Å². The van der Waals surface area contributed by atoms with Gasteiger partial charge in [-0.3, -0.25) is 15.6 Å². The highest BCUT2D eigenvalue weighted by atomic mass is 19.4. The molecule has 2 rings (SSSR count). The van der Waals surface area contributed by atoms with Crippen molar-refractivity contribution in [1.82, 2.24) is 15.4 Å². The van der Waals surface area contributed by atoms with Gasteiger partial charge in [0.05, 0.1) is 5.52 Å². The first-order valence-electron chi connectivity index (χ1n) is 5.65. The van der Waals surface area contributed by atoms with E-state index in [4.69, 9.17) is 0 Å². The van der Waals surface area contributed by atoms with E-state index in [1.807, 2.05) is 0 Å². The van der Waals surface area contributed by atoms with E-state index in [1.165, 1.54) is 13.0 Å². The molecule has 2 N–H and O–H groups in total. The van der Waals surface area contributed by atoms with Crippen LogP contribution in [-0.2, 0) is 11.0 Å². The number of nitrogens with zero attached hydrogens (tertiary/aromatic N) is 2. The van der Waals surface area contributed by atoms with Crippen LogP contribution in [0.1, 0.15) is 18.3 Å². The van der Waals surface area contributed by atoms with Gasteiger partial charge in [-0.2, -0.15) is 13.2 Å². The summed E-state index contributed by atoms with van der Waals surface area (Å²) < 4.78 is 38.2. The smallest absolute Gasteiger partial charge is 0.281 e. The van der Waals surface area contributed by atoms with Gasteiger partial charge in [0, 0.05) is 12.3 Å². The molecule has 5 nitrogen and oxygen atoms in total. The largest absolute Gasteiger partial charge is 0.451 e. The molecule has 1 amide bonds. The molecule has 106 valence electrons. The predicted octanol–water partition coefficient (Wildman–Crippen LogP) is 2.42. The number of hydrogen-bond donors (Lipinski definition) is 2. The molecule has 0 aliphatic heterocycles. The Balaban J connectivity index is 2.60. The number of alkyl halides is 3. The van der Waals surface area contributed by atoms with E-state index in [0.717, 1.165) is 5.56 Å². The summed E-state index contributed by atoms with van der Waals surface area (Å²) in [5.41, 5.74) is 5.57. The van der Waals surface area contributed by atoms with Gasteiger partial charge in [-0.05, 0) is 19.1 Å². The van der Waals surface area contributed by atoms with Crippen molar-refractivity contribution < 1.29 is 18.0 Å². The summed E-state index contributed by atoms with van der Waals surface area (Å²) in [6.45, 7) is 3.02. The fourth-order valence-corrected chi connectivity index (χ4v) is 1.61. The molecule has 0 radical (unpaired) electrons. The highest BCUT2D eigenvalue weighted by Gasteiger charge is 2.35. The Bertz CT molecular complexity index is 670. The van der Waals surface area contributed by atoms with Crippen molar-refractivity contribution in [2.45, 2.75) is 20.0 Å². The Morgan fingerprint density at radius 2 is 1.95 bits per heavy atom. The van der Waals surface area contributed by atoms with E-state index in [-0.39, 0.29) is 11.3 Å². The first kappa shape index (κ1) is 14.0. The summed E-state index contributed by atoms with van der Waals surface area (Å²) in [7, 11) is 0. The van der Waals surface area contributed by atoms with Crippen molar-refractivity contribution in [3.05, 3.63) is 29.6 Å². The monoisotopic (exact) mass is 284 g/mol. The fourth-order valence-electron chi connectivity index (χ4n) is 1.61. The normalized spacial score (nSPS) is 11.4. The maximum Gasteiger partial charge on any atom is 0.451 e. The summed E-state index contributed by atoms with van der Waals surface area (Å²) in [5.74, 6) is -1.80. The SMILES string of the molecule is CC(=O)NNc1nc(C(F)(F)F)nc2ccc(C)cc12. The van der Waals surface area contributed by atoms with Gasteiger partial charge >= 0.3 is 6.18 Å². The lowest BCUT2D eigenvalue weighted by Crippen LogP contribution is -2.28. The zero-order valence-corrected chi connectivity index (χ0v) is 10.7. The second-order valence-corrected chi connectivity index (χ2v) is 4.22. The first-order chi connectivity index (χ1) is 9.27. The number of aromatic nitrogens is 2. The van der Waals surface area contributed by atoms with Crippen LogP contribution in [0.5, 0.6) is 0 Å². The molecule has 0 aliphatic rings. The predicted molar refractivity (Wildman–Crippen MR) is 66.7 cm³/mol. The van der Waals surface area contributed by atoms with Crippen molar-refractivity contribution in [3.63, 3.8) is 0 Å². The number of benzene rings is 1. The third kappa shape index (κ3) is 2.95. The van der Waals surface area contributed by atoms with Crippen LogP contribution in [0, 0.1) is 6.92 Å². The summed E-state index contributed by atoms with van der Waals surface area (Å²) in [4.78, 5) is 17.8. The average molecular weight is 284 g/mol. The maximum atomic E-state index is 12.7. The summed E-state index contributed by atoms with van der Waals surface area (Å²) in [6, 6.07) is 4.76. The Kier molecular flexibility index (Phi) is 3.47. The van der Waals surface area contributed by atoms with Gasteiger partial charge in [0.25, 0.3) is 0 Å². The molecular weight excluding hydrogens is 273 g/mol. The molecular formula is C12H11F3N4O. The van der Waals surface area contributed by atoms with Gasteiger partial charge in [-0.25, -0.2) is 9.97 Å². The third-order valence-electron chi connectivity index (χ3n) is 2.46. The highest BCUT2D eigenvalue weighted by molar-refractivity contribution is 5.90. The number of amides is 1. The molecule has 1 aromatic heterocycles. The van der Waals surface area contributed by atoms with Crippen LogP contribution < -0.4 is 10.9 Å². The van der Waals surface area contributed by atoms with Gasteiger partial charge in [0.15, 0.2) is 5.82 Å². The van der Waals surface area contributed by atoms with E-state index in [2.05, 4.69) is 20.8 Å². The van der Waals surface area contributed by atoms with E-state index >= 15 is 0 Å². The van der Waals surface area contributed by atoms with Gasteiger partial charge in [-0.1, -0.05) is 11.6 Å². The summed E-state index contributed by atoms with van der Waals surface area (Å²) in [5, 5.41) is 0.395. The van der Waals surface area contributed by atoms with E-state index < -0.39 is 17.9 Å². The first-order valence-corrected chi connectivity index (χ1v) is 5.65. The number of anilines is 1. The lowest BCUT2D eigenvalue weighted by molar-refractivity contribution is -0.144. The molecule has 0 saturated carbocycles. The number of hydrazine groups is 1. The topological polar surface area (TPSA) is 66.9 Å². The maximum absolute atomic E-state index is 12.7.